The Kier molecular flexibility index (Phi) is 8.31. The van der Waals surface area contributed by atoms with Gasteiger partial charge in [-0.1, -0.05) is 158 Å². The molecule has 0 aliphatic heterocycles. The van der Waals surface area contributed by atoms with Gasteiger partial charge >= 0.3 is 0 Å². The van der Waals surface area contributed by atoms with E-state index in [1.807, 2.05) is 121 Å². The van der Waals surface area contributed by atoms with Crippen LogP contribution >= 0.6 is 0 Å². The Bertz CT molecular complexity index is 3490. The van der Waals surface area contributed by atoms with E-state index in [0.29, 0.717) is 35.1 Å². The molecule has 0 saturated heterocycles. The highest BCUT2D eigenvalue weighted by Gasteiger charge is 2.21. The summed E-state index contributed by atoms with van der Waals surface area (Å²) in [5.41, 5.74) is 9.88. The first kappa shape index (κ1) is 35.3. The fourth-order valence-corrected chi connectivity index (χ4v) is 8.52. The zero-order valence-electron chi connectivity index (χ0n) is 33.2. The number of benzene rings is 8. The average molecular weight is 795 g/mol. The summed E-state index contributed by atoms with van der Waals surface area (Å²) in [4.78, 5) is 30.2. The Labute approximate surface area is 356 Å². The van der Waals surface area contributed by atoms with Crippen LogP contribution in [0.15, 0.2) is 206 Å². The maximum absolute atomic E-state index is 5.17. The van der Waals surface area contributed by atoms with Crippen LogP contribution in [0.5, 0.6) is 0 Å². The number of rotatable bonds is 7. The minimum atomic E-state index is 0.562. The van der Waals surface area contributed by atoms with Gasteiger partial charge in [0.2, 0.25) is 5.95 Å². The summed E-state index contributed by atoms with van der Waals surface area (Å²) in [7, 11) is 0. The van der Waals surface area contributed by atoms with Crippen molar-refractivity contribution in [2.24, 2.45) is 0 Å². The lowest BCUT2D eigenvalue weighted by Crippen LogP contribution is -2.06. The van der Waals surface area contributed by atoms with E-state index in [1.54, 1.807) is 0 Å². The second-order valence-corrected chi connectivity index (χ2v) is 15.2. The highest BCUT2D eigenvalue weighted by Crippen LogP contribution is 2.40. The lowest BCUT2D eigenvalue weighted by molar-refractivity contribution is 0.954. The molecule has 0 N–H and O–H groups in total. The molecule has 8 nitrogen and oxygen atoms in total. The van der Waals surface area contributed by atoms with Crippen LogP contribution in [0.2, 0.25) is 0 Å². The van der Waals surface area contributed by atoms with Crippen molar-refractivity contribution in [3.8, 4) is 68.6 Å². The van der Waals surface area contributed by atoms with Gasteiger partial charge in [0.25, 0.3) is 0 Å². The number of hydrogen-bond donors (Lipinski definition) is 0. The van der Waals surface area contributed by atoms with Crippen molar-refractivity contribution in [2.45, 2.75) is 0 Å². The summed E-state index contributed by atoms with van der Waals surface area (Å²) in [5.74, 6) is 3.68. The number of para-hydroxylation sites is 2. The summed E-state index contributed by atoms with van der Waals surface area (Å²) >= 11 is 0. The summed E-state index contributed by atoms with van der Waals surface area (Å²) < 4.78 is 4.54. The smallest absolute Gasteiger partial charge is 0.238 e. The zero-order valence-corrected chi connectivity index (χ0v) is 33.2. The van der Waals surface area contributed by atoms with Crippen molar-refractivity contribution >= 4 is 43.6 Å². The molecular formula is C54H34N8. The van der Waals surface area contributed by atoms with Gasteiger partial charge in [-0.25, -0.2) is 19.9 Å². The summed E-state index contributed by atoms with van der Waals surface area (Å²) in [6.45, 7) is 0. The minimum absolute atomic E-state index is 0.562. The van der Waals surface area contributed by atoms with E-state index in [0.717, 1.165) is 77.1 Å². The van der Waals surface area contributed by atoms with Gasteiger partial charge in [-0.2, -0.15) is 9.97 Å². The molecular weight excluding hydrogens is 761 g/mol. The van der Waals surface area contributed by atoms with Gasteiger partial charge in [0.05, 0.1) is 22.1 Å². The lowest BCUT2D eigenvalue weighted by atomic mass is 10.1. The summed E-state index contributed by atoms with van der Waals surface area (Å²) in [6, 6.07) is 70.6. The van der Waals surface area contributed by atoms with E-state index in [9.17, 15) is 0 Å². The highest BCUT2D eigenvalue weighted by molar-refractivity contribution is 6.19. The molecule has 0 spiro atoms. The van der Waals surface area contributed by atoms with Crippen LogP contribution in [0.3, 0.4) is 0 Å². The molecule has 62 heavy (non-hydrogen) atoms. The second kappa shape index (κ2) is 14.6. The van der Waals surface area contributed by atoms with Crippen LogP contribution in [-0.4, -0.2) is 39.0 Å². The number of aromatic nitrogens is 8. The second-order valence-electron chi connectivity index (χ2n) is 15.2. The third kappa shape index (κ3) is 6.00. The first-order chi connectivity index (χ1) is 30.7. The maximum Gasteiger partial charge on any atom is 0.238 e. The van der Waals surface area contributed by atoms with Crippen molar-refractivity contribution in [1.29, 1.82) is 0 Å². The van der Waals surface area contributed by atoms with Gasteiger partial charge in [0.15, 0.2) is 29.1 Å². The predicted octanol–water partition coefficient (Wildman–Crippen LogP) is 12.6. The van der Waals surface area contributed by atoms with Gasteiger partial charge < -0.3 is 4.57 Å². The molecule has 0 aliphatic rings. The molecule has 290 valence electrons. The highest BCUT2D eigenvalue weighted by atomic mass is 15.2. The molecule has 0 aliphatic carbocycles. The molecule has 0 atom stereocenters. The van der Waals surface area contributed by atoms with Crippen molar-refractivity contribution in [2.75, 3.05) is 0 Å². The molecule has 8 aromatic carbocycles. The standard InChI is InChI=1S/C54H34N8/c1-5-17-35(18-6-1)49-55-50(36-19-7-2-8-20-36)57-51(56-49)39-29-31-40(32-30-39)61-45-27-15-13-25-41(45)43-34-48-44(33-47(43)61)42-26-14-16-28-46(42)62(48)54-59-52(37-21-9-3-10-22-37)58-53(60-54)38-23-11-4-12-24-38/h1-34H. The van der Waals surface area contributed by atoms with Gasteiger partial charge in [0.1, 0.15) is 0 Å². The minimum Gasteiger partial charge on any atom is -0.309 e. The van der Waals surface area contributed by atoms with Crippen LogP contribution in [0.25, 0.3) is 112 Å². The third-order valence-electron chi connectivity index (χ3n) is 11.4. The molecule has 12 aromatic rings. The van der Waals surface area contributed by atoms with Gasteiger partial charge in [-0.05, 0) is 48.5 Å². The normalized spacial score (nSPS) is 11.5. The van der Waals surface area contributed by atoms with E-state index in [1.165, 1.54) is 0 Å². The van der Waals surface area contributed by atoms with Crippen molar-refractivity contribution in [3.63, 3.8) is 0 Å². The van der Waals surface area contributed by atoms with E-state index < -0.39 is 0 Å². The molecule has 0 fully saturated rings. The van der Waals surface area contributed by atoms with E-state index in [2.05, 4.69) is 94.1 Å². The van der Waals surface area contributed by atoms with E-state index in [-0.39, 0.29) is 0 Å². The SMILES string of the molecule is c1ccc(-c2nc(-c3ccccc3)nc(-c3ccc(-n4c5ccccc5c5cc6c(cc54)c4ccccc4n6-c4nc(-c5ccccc5)nc(-c5ccccc5)n4)cc3)n2)cc1. The molecule has 12 rings (SSSR count). The number of hydrogen-bond acceptors (Lipinski definition) is 6. The molecule has 0 radical (unpaired) electrons. The van der Waals surface area contributed by atoms with Crippen molar-refractivity contribution in [3.05, 3.63) is 206 Å². The van der Waals surface area contributed by atoms with Crippen molar-refractivity contribution < 1.29 is 0 Å². The first-order valence-electron chi connectivity index (χ1n) is 20.5. The Morgan fingerprint density at radius 3 is 0.984 bits per heavy atom. The molecule has 0 bridgehead atoms. The predicted molar refractivity (Wildman–Crippen MR) is 249 cm³/mol. The lowest BCUT2D eigenvalue weighted by Gasteiger charge is -2.11. The van der Waals surface area contributed by atoms with Crippen LogP contribution in [0, 0.1) is 0 Å². The molecule has 4 heterocycles. The molecule has 0 unspecified atom stereocenters. The van der Waals surface area contributed by atoms with Crippen LogP contribution in [0.4, 0.5) is 0 Å². The largest absolute Gasteiger partial charge is 0.309 e. The number of fused-ring (bicyclic) bond motifs is 6. The van der Waals surface area contributed by atoms with Gasteiger partial charge in [0, 0.05) is 55.0 Å². The topological polar surface area (TPSA) is 87.2 Å². The quantitative estimate of drug-likeness (QED) is 0.160. The first-order valence-corrected chi connectivity index (χ1v) is 20.5. The number of nitrogens with zero attached hydrogens (tertiary/aromatic N) is 8. The van der Waals surface area contributed by atoms with E-state index >= 15 is 0 Å². The van der Waals surface area contributed by atoms with Gasteiger partial charge in [-0.15, -0.1) is 0 Å². The Hall–Kier alpha value is -8.62. The summed E-state index contributed by atoms with van der Waals surface area (Å²) in [5, 5.41) is 4.48. The molecule has 4 aromatic heterocycles. The van der Waals surface area contributed by atoms with E-state index in [4.69, 9.17) is 29.9 Å². The van der Waals surface area contributed by atoms with Crippen LogP contribution in [-0.2, 0) is 0 Å². The average Bonchev–Trinajstić information content (AvgIpc) is 3.86. The van der Waals surface area contributed by atoms with Gasteiger partial charge in [-0.3, -0.25) is 4.57 Å². The Morgan fingerprint density at radius 1 is 0.242 bits per heavy atom. The molecule has 8 heteroatoms. The zero-order chi connectivity index (χ0) is 41.0. The fourth-order valence-electron chi connectivity index (χ4n) is 8.52. The Balaban J connectivity index is 1.04. The molecule has 0 saturated carbocycles. The third-order valence-corrected chi connectivity index (χ3v) is 11.4. The Morgan fingerprint density at radius 2 is 0.565 bits per heavy atom. The summed E-state index contributed by atoms with van der Waals surface area (Å²) in [6.07, 6.45) is 0. The fraction of sp³-hybridized carbons (Fsp3) is 0. The van der Waals surface area contributed by atoms with Crippen LogP contribution < -0.4 is 0 Å². The molecule has 0 amide bonds. The van der Waals surface area contributed by atoms with Crippen LogP contribution in [0.1, 0.15) is 0 Å². The van der Waals surface area contributed by atoms with Crippen molar-refractivity contribution in [1.82, 2.24) is 39.0 Å². The maximum atomic E-state index is 5.17. The monoisotopic (exact) mass is 794 g/mol.